The van der Waals surface area contributed by atoms with Crippen LogP contribution in [0.1, 0.15) is 41.5 Å². The molecule has 0 fully saturated rings. The lowest BCUT2D eigenvalue weighted by Crippen LogP contribution is -2.13. The molecule has 0 saturated carbocycles. The minimum atomic E-state index is -0.0878. The average Bonchev–Trinajstić information content (AvgIpc) is 2.87. The number of phenolic OH excluding ortho intramolecular Hbond substituents is 2. The predicted octanol–water partition coefficient (Wildman–Crippen LogP) is 8.23. The molecule has 35 heavy (non-hydrogen) atoms. The zero-order valence-electron chi connectivity index (χ0n) is 19.4. The fourth-order valence-corrected chi connectivity index (χ4v) is 5.90. The van der Waals surface area contributed by atoms with E-state index in [1.165, 1.54) is 37.9 Å². The highest BCUT2D eigenvalue weighted by molar-refractivity contribution is 6.23. The molecule has 0 bridgehead atoms. The van der Waals surface area contributed by atoms with Gasteiger partial charge in [0.05, 0.1) is 0 Å². The average molecular weight is 457 g/mol. The van der Waals surface area contributed by atoms with E-state index in [9.17, 15) is 10.2 Å². The first-order valence-electron chi connectivity index (χ1n) is 12.2. The number of hydrogen-bond donors (Lipinski definition) is 2. The molecule has 1 aliphatic rings. The molecule has 0 saturated heterocycles. The van der Waals surface area contributed by atoms with Crippen molar-refractivity contribution in [1.82, 2.24) is 0 Å². The van der Waals surface area contributed by atoms with Crippen LogP contribution in [0, 0.1) is 0 Å². The SMILES string of the molecule is CCCc1cc2c(cc1O)Oc1cc(O)ccc1C2c1ccc2ccc3cccc4ccc1c2c34. The monoisotopic (exact) mass is 456 g/mol. The first-order chi connectivity index (χ1) is 17.1. The highest BCUT2D eigenvalue weighted by Gasteiger charge is 2.31. The fraction of sp³-hybridized carbons (Fsp3) is 0.125. The Morgan fingerprint density at radius 1 is 0.686 bits per heavy atom. The van der Waals surface area contributed by atoms with E-state index < -0.39 is 0 Å². The number of benzene rings is 6. The second-order valence-electron chi connectivity index (χ2n) is 9.54. The first kappa shape index (κ1) is 20.2. The van der Waals surface area contributed by atoms with Gasteiger partial charge in [-0.25, -0.2) is 0 Å². The lowest BCUT2D eigenvalue weighted by molar-refractivity contribution is 0.426. The third-order valence-corrected chi connectivity index (χ3v) is 7.44. The molecule has 170 valence electrons. The van der Waals surface area contributed by atoms with Crippen molar-refractivity contribution in [1.29, 1.82) is 0 Å². The summed E-state index contributed by atoms with van der Waals surface area (Å²) in [5.41, 5.74) is 4.18. The van der Waals surface area contributed by atoms with Gasteiger partial charge in [-0.15, -0.1) is 0 Å². The molecule has 1 unspecified atom stereocenters. The molecular weight excluding hydrogens is 432 g/mol. The molecular formula is C32H24O3. The van der Waals surface area contributed by atoms with Crippen molar-refractivity contribution in [3.05, 3.63) is 107 Å². The number of fused-ring (bicyclic) bond motifs is 2. The van der Waals surface area contributed by atoms with Crippen molar-refractivity contribution in [3.8, 4) is 23.0 Å². The van der Waals surface area contributed by atoms with Crippen LogP contribution < -0.4 is 4.74 Å². The Labute approximate surface area is 203 Å². The summed E-state index contributed by atoms with van der Waals surface area (Å²) in [7, 11) is 0. The Balaban J connectivity index is 1.57. The molecule has 2 N–H and O–H groups in total. The van der Waals surface area contributed by atoms with Gasteiger partial charge < -0.3 is 14.9 Å². The number of aromatic hydroxyl groups is 2. The smallest absolute Gasteiger partial charge is 0.135 e. The molecule has 1 aliphatic heterocycles. The lowest BCUT2D eigenvalue weighted by atomic mass is 9.78. The molecule has 0 spiro atoms. The van der Waals surface area contributed by atoms with Gasteiger partial charge in [0, 0.05) is 29.2 Å². The summed E-state index contributed by atoms with van der Waals surface area (Å²) in [6.45, 7) is 2.12. The van der Waals surface area contributed by atoms with Gasteiger partial charge in [0.15, 0.2) is 0 Å². The van der Waals surface area contributed by atoms with Crippen molar-refractivity contribution >= 4 is 32.3 Å². The highest BCUT2D eigenvalue weighted by Crippen LogP contribution is 2.52. The van der Waals surface area contributed by atoms with Gasteiger partial charge in [0.1, 0.15) is 23.0 Å². The van der Waals surface area contributed by atoms with E-state index in [2.05, 4.69) is 67.6 Å². The van der Waals surface area contributed by atoms with Gasteiger partial charge in [-0.3, -0.25) is 0 Å². The zero-order valence-corrected chi connectivity index (χ0v) is 19.4. The molecule has 0 radical (unpaired) electrons. The molecule has 6 aromatic rings. The third kappa shape index (κ3) is 2.91. The summed E-state index contributed by atoms with van der Waals surface area (Å²) in [6.07, 6.45) is 1.74. The van der Waals surface area contributed by atoms with Crippen molar-refractivity contribution in [2.24, 2.45) is 0 Å². The molecule has 0 aliphatic carbocycles. The van der Waals surface area contributed by atoms with Crippen LogP contribution in [0.15, 0.2) is 84.9 Å². The summed E-state index contributed by atoms with van der Waals surface area (Å²) in [5.74, 6) is 1.58. The second kappa shape index (κ2) is 7.38. The van der Waals surface area contributed by atoms with Gasteiger partial charge in [-0.05, 0) is 62.0 Å². The maximum atomic E-state index is 10.7. The first-order valence-corrected chi connectivity index (χ1v) is 12.2. The molecule has 3 nitrogen and oxygen atoms in total. The van der Waals surface area contributed by atoms with Crippen molar-refractivity contribution in [2.75, 3.05) is 0 Å². The van der Waals surface area contributed by atoms with Gasteiger partial charge in [-0.1, -0.05) is 74.0 Å². The van der Waals surface area contributed by atoms with E-state index in [-0.39, 0.29) is 17.4 Å². The van der Waals surface area contributed by atoms with Gasteiger partial charge in [0.25, 0.3) is 0 Å². The largest absolute Gasteiger partial charge is 0.508 e. The van der Waals surface area contributed by atoms with Crippen LogP contribution in [-0.2, 0) is 6.42 Å². The number of aryl methyl sites for hydroxylation is 1. The second-order valence-corrected chi connectivity index (χ2v) is 9.54. The molecule has 6 aromatic carbocycles. The van der Waals surface area contributed by atoms with Crippen LogP contribution in [0.25, 0.3) is 32.3 Å². The summed E-state index contributed by atoms with van der Waals surface area (Å²) >= 11 is 0. The number of hydrogen-bond acceptors (Lipinski definition) is 3. The number of ether oxygens (including phenoxy) is 1. The van der Waals surface area contributed by atoms with Crippen molar-refractivity contribution in [2.45, 2.75) is 25.7 Å². The summed E-state index contributed by atoms with van der Waals surface area (Å²) in [5, 5.41) is 28.4. The van der Waals surface area contributed by atoms with Gasteiger partial charge in [-0.2, -0.15) is 0 Å². The van der Waals surface area contributed by atoms with E-state index in [4.69, 9.17) is 4.74 Å². The Morgan fingerprint density at radius 3 is 2.17 bits per heavy atom. The van der Waals surface area contributed by atoms with Crippen LogP contribution >= 0.6 is 0 Å². The maximum Gasteiger partial charge on any atom is 0.135 e. The van der Waals surface area contributed by atoms with E-state index in [0.717, 1.165) is 29.5 Å². The number of phenols is 2. The number of rotatable bonds is 3. The van der Waals surface area contributed by atoms with Crippen LogP contribution in [0.3, 0.4) is 0 Å². The summed E-state index contributed by atoms with van der Waals surface area (Å²) in [4.78, 5) is 0. The summed E-state index contributed by atoms with van der Waals surface area (Å²) < 4.78 is 6.23. The van der Waals surface area contributed by atoms with Crippen LogP contribution in [0.5, 0.6) is 23.0 Å². The summed E-state index contributed by atoms with van der Waals surface area (Å²) in [6, 6.07) is 28.9. The zero-order chi connectivity index (χ0) is 23.7. The minimum Gasteiger partial charge on any atom is -0.508 e. The Bertz CT molecular complexity index is 1750. The van der Waals surface area contributed by atoms with E-state index in [1.54, 1.807) is 18.2 Å². The molecule has 7 rings (SSSR count). The Hall–Kier alpha value is -4.24. The normalized spacial score (nSPS) is 14.8. The third-order valence-electron chi connectivity index (χ3n) is 7.44. The maximum absolute atomic E-state index is 10.7. The van der Waals surface area contributed by atoms with Gasteiger partial charge in [0.2, 0.25) is 0 Å². The predicted molar refractivity (Wildman–Crippen MR) is 141 cm³/mol. The van der Waals surface area contributed by atoms with E-state index >= 15 is 0 Å². The van der Waals surface area contributed by atoms with E-state index in [1.807, 2.05) is 6.07 Å². The Morgan fingerprint density at radius 2 is 1.37 bits per heavy atom. The lowest BCUT2D eigenvalue weighted by Gasteiger charge is -2.30. The molecule has 0 aromatic heterocycles. The van der Waals surface area contributed by atoms with Crippen LogP contribution in [0.4, 0.5) is 0 Å². The van der Waals surface area contributed by atoms with Crippen molar-refractivity contribution < 1.29 is 14.9 Å². The molecule has 0 amide bonds. The minimum absolute atomic E-state index is 0.0878. The highest BCUT2D eigenvalue weighted by atomic mass is 16.5. The molecule has 1 heterocycles. The van der Waals surface area contributed by atoms with E-state index in [0.29, 0.717) is 11.5 Å². The van der Waals surface area contributed by atoms with Gasteiger partial charge >= 0.3 is 0 Å². The van der Waals surface area contributed by atoms with Crippen LogP contribution in [-0.4, -0.2) is 10.2 Å². The quantitative estimate of drug-likeness (QED) is 0.263. The van der Waals surface area contributed by atoms with Crippen molar-refractivity contribution in [3.63, 3.8) is 0 Å². The standard InChI is InChI=1S/C32H24O3/c1-2-4-21-15-26-29(17-27(21)34)35-28-16-22(33)11-14-25(28)32(26)24-13-10-20-8-7-18-5-3-6-19-9-12-23(24)31(20)30(18)19/h3,5-17,32-34H,2,4H2,1H3. The topological polar surface area (TPSA) is 49.7 Å². The molecule has 1 atom stereocenters. The fourth-order valence-electron chi connectivity index (χ4n) is 5.90. The Kier molecular flexibility index (Phi) is 4.25. The molecule has 3 heteroatoms. The van der Waals surface area contributed by atoms with Crippen LogP contribution in [0.2, 0.25) is 0 Å².